The molecule has 112 valence electrons. The van der Waals surface area contributed by atoms with Gasteiger partial charge >= 0.3 is 0 Å². The Bertz CT molecular complexity index is 583. The number of aliphatic imine (C=N–C) groups is 1. The van der Waals surface area contributed by atoms with Crippen LogP contribution >= 0.6 is 12.4 Å². The van der Waals surface area contributed by atoms with Gasteiger partial charge in [0.15, 0.2) is 5.96 Å². The molecular weight excluding hydrogens is 290 g/mol. The van der Waals surface area contributed by atoms with Gasteiger partial charge in [-0.25, -0.2) is 0 Å². The zero-order valence-corrected chi connectivity index (χ0v) is 12.4. The van der Waals surface area contributed by atoms with Gasteiger partial charge in [0.25, 0.3) is 0 Å². The highest BCUT2D eigenvalue weighted by molar-refractivity contribution is 5.97. The summed E-state index contributed by atoms with van der Waals surface area (Å²) < 4.78 is 5.15. The lowest BCUT2D eigenvalue weighted by Crippen LogP contribution is -2.44. The topological polar surface area (TPSA) is 99.4 Å². The summed E-state index contributed by atoms with van der Waals surface area (Å²) in [7, 11) is 0. The second-order valence-electron chi connectivity index (χ2n) is 4.23. The molecule has 0 spiro atoms. The van der Waals surface area contributed by atoms with E-state index in [1.54, 1.807) is 12.1 Å². The van der Waals surface area contributed by atoms with Gasteiger partial charge in [-0.05, 0) is 18.6 Å². The second kappa shape index (κ2) is 7.96. The van der Waals surface area contributed by atoms with Crippen molar-refractivity contribution in [2.45, 2.75) is 13.0 Å². The van der Waals surface area contributed by atoms with Crippen LogP contribution in [0.4, 0.5) is 5.88 Å². The minimum absolute atomic E-state index is 0. The predicted molar refractivity (Wildman–Crippen MR) is 86.1 cm³/mol. The third-order valence-electron chi connectivity index (χ3n) is 2.63. The van der Waals surface area contributed by atoms with E-state index in [2.05, 4.69) is 15.6 Å². The lowest BCUT2D eigenvalue weighted by Gasteiger charge is -2.17. The van der Waals surface area contributed by atoms with Crippen LogP contribution in [0, 0.1) is 5.41 Å². The Balaban J connectivity index is 0.00000220. The number of benzene rings is 1. The maximum atomic E-state index is 7.32. The minimum Gasteiger partial charge on any atom is -0.447 e. The Morgan fingerprint density at radius 1 is 1.24 bits per heavy atom. The van der Waals surface area contributed by atoms with Crippen molar-refractivity contribution in [2.24, 2.45) is 10.7 Å². The van der Waals surface area contributed by atoms with Crippen LogP contribution < -0.4 is 16.4 Å². The number of nitrogens with zero attached hydrogens (tertiary/aromatic N) is 1. The molecule has 0 saturated heterocycles. The first-order valence-corrected chi connectivity index (χ1v) is 6.20. The number of rotatable bonds is 3. The van der Waals surface area contributed by atoms with E-state index in [4.69, 9.17) is 15.6 Å². The summed E-state index contributed by atoms with van der Waals surface area (Å²) >= 11 is 0. The quantitative estimate of drug-likeness (QED) is 0.517. The Hall–Kier alpha value is -2.47. The molecule has 1 aromatic heterocycles. The van der Waals surface area contributed by atoms with Gasteiger partial charge in [-0.2, -0.15) is 4.99 Å². The summed E-state index contributed by atoms with van der Waals surface area (Å²) in [5.74, 6) is 0.605. The van der Waals surface area contributed by atoms with E-state index in [0.717, 1.165) is 5.56 Å². The summed E-state index contributed by atoms with van der Waals surface area (Å²) in [5, 5.41) is 13.1. The van der Waals surface area contributed by atoms with Crippen LogP contribution in [-0.2, 0) is 0 Å². The Labute approximate surface area is 129 Å². The molecule has 0 fully saturated rings. The fourth-order valence-corrected chi connectivity index (χ4v) is 1.70. The van der Waals surface area contributed by atoms with Crippen LogP contribution in [0.2, 0.25) is 0 Å². The van der Waals surface area contributed by atoms with Crippen LogP contribution in [0.15, 0.2) is 58.1 Å². The second-order valence-corrected chi connectivity index (χ2v) is 4.23. The highest BCUT2D eigenvalue weighted by Gasteiger charge is 2.09. The summed E-state index contributed by atoms with van der Waals surface area (Å²) in [6.07, 6.45) is 1.53. The number of halogens is 1. The maximum Gasteiger partial charge on any atom is 0.221 e. The highest BCUT2D eigenvalue weighted by atomic mass is 35.5. The number of guanidine groups is 2. The Morgan fingerprint density at radius 3 is 2.52 bits per heavy atom. The van der Waals surface area contributed by atoms with Crippen molar-refractivity contribution in [1.29, 1.82) is 5.41 Å². The molecule has 0 radical (unpaired) electrons. The molecule has 2 aromatic rings. The minimum atomic E-state index is -0.192. The molecule has 0 bridgehead atoms. The average Bonchev–Trinajstić information content (AvgIpc) is 2.91. The van der Waals surface area contributed by atoms with Crippen molar-refractivity contribution in [1.82, 2.24) is 10.6 Å². The Morgan fingerprint density at radius 2 is 1.95 bits per heavy atom. The van der Waals surface area contributed by atoms with Gasteiger partial charge in [0, 0.05) is 6.07 Å². The van der Waals surface area contributed by atoms with E-state index in [-0.39, 0.29) is 24.4 Å². The summed E-state index contributed by atoms with van der Waals surface area (Å²) in [4.78, 5) is 4.23. The zero-order chi connectivity index (χ0) is 14.4. The first-order chi connectivity index (χ1) is 9.65. The lowest BCUT2D eigenvalue weighted by atomic mass is 10.1. The highest BCUT2D eigenvalue weighted by Crippen LogP contribution is 2.13. The standard InChI is InChI=1S/C14H17N5O.ClH/c1-10(11-6-3-2-4-7-11)17-14(19-13(15)16)18-12-8-5-9-20-12;/h2-10H,1H3,(H5,15,16,17,18,19);1H. The number of hydrogen-bond acceptors (Lipinski definition) is 3. The SMILES string of the molecule is CC(NC(=Nc1ccco1)NC(=N)N)c1ccccc1.Cl. The largest absolute Gasteiger partial charge is 0.447 e. The number of nitrogens with two attached hydrogens (primary N) is 1. The molecule has 1 unspecified atom stereocenters. The third-order valence-corrected chi connectivity index (χ3v) is 2.63. The average molecular weight is 308 g/mol. The zero-order valence-electron chi connectivity index (χ0n) is 11.5. The van der Waals surface area contributed by atoms with Crippen LogP contribution in [-0.4, -0.2) is 11.9 Å². The molecule has 1 atom stereocenters. The first-order valence-electron chi connectivity index (χ1n) is 6.20. The molecule has 0 saturated carbocycles. The van der Waals surface area contributed by atoms with Gasteiger partial charge in [0.2, 0.25) is 11.8 Å². The molecule has 0 amide bonds. The molecule has 0 aliphatic carbocycles. The van der Waals surface area contributed by atoms with Crippen molar-refractivity contribution < 1.29 is 4.42 Å². The van der Waals surface area contributed by atoms with Crippen molar-refractivity contribution in [2.75, 3.05) is 0 Å². The molecule has 2 rings (SSSR count). The van der Waals surface area contributed by atoms with Crippen molar-refractivity contribution in [3.05, 3.63) is 54.3 Å². The maximum absolute atomic E-state index is 7.32. The fraction of sp³-hybridized carbons (Fsp3) is 0.143. The number of hydrogen-bond donors (Lipinski definition) is 4. The van der Waals surface area contributed by atoms with Crippen LogP contribution in [0.5, 0.6) is 0 Å². The smallest absolute Gasteiger partial charge is 0.221 e. The summed E-state index contributed by atoms with van der Waals surface area (Å²) in [6, 6.07) is 13.4. The molecular formula is C14H18ClN5O. The molecule has 1 heterocycles. The van der Waals surface area contributed by atoms with Gasteiger partial charge in [0.05, 0.1) is 12.3 Å². The number of nitrogens with one attached hydrogen (secondary N) is 3. The van der Waals surface area contributed by atoms with Crippen molar-refractivity contribution in [3.63, 3.8) is 0 Å². The lowest BCUT2D eigenvalue weighted by molar-refractivity contribution is 0.575. The van der Waals surface area contributed by atoms with Gasteiger partial charge in [-0.15, -0.1) is 12.4 Å². The molecule has 0 aliphatic heterocycles. The van der Waals surface area contributed by atoms with E-state index in [9.17, 15) is 0 Å². The van der Waals surface area contributed by atoms with E-state index in [1.807, 2.05) is 37.3 Å². The van der Waals surface area contributed by atoms with Crippen molar-refractivity contribution in [3.8, 4) is 0 Å². The van der Waals surface area contributed by atoms with Crippen LogP contribution in [0.3, 0.4) is 0 Å². The monoisotopic (exact) mass is 307 g/mol. The van der Waals surface area contributed by atoms with E-state index >= 15 is 0 Å². The van der Waals surface area contributed by atoms with Gasteiger partial charge in [-0.3, -0.25) is 10.7 Å². The molecule has 0 aliphatic rings. The van der Waals surface area contributed by atoms with Gasteiger partial charge in [0.1, 0.15) is 0 Å². The predicted octanol–water partition coefficient (Wildman–Crippen LogP) is 2.52. The molecule has 5 N–H and O–H groups in total. The van der Waals surface area contributed by atoms with Gasteiger partial charge in [-0.1, -0.05) is 30.3 Å². The van der Waals surface area contributed by atoms with Crippen LogP contribution in [0.25, 0.3) is 0 Å². The molecule has 7 heteroatoms. The molecule has 21 heavy (non-hydrogen) atoms. The van der Waals surface area contributed by atoms with Crippen LogP contribution in [0.1, 0.15) is 18.5 Å². The fourth-order valence-electron chi connectivity index (χ4n) is 1.70. The normalized spacial score (nSPS) is 12.1. The first kappa shape index (κ1) is 16.6. The summed E-state index contributed by atoms with van der Waals surface area (Å²) in [6.45, 7) is 1.99. The Kier molecular flexibility index (Phi) is 6.29. The molecule has 1 aromatic carbocycles. The number of furan rings is 1. The molecule has 6 nitrogen and oxygen atoms in total. The summed E-state index contributed by atoms with van der Waals surface area (Å²) in [5.41, 5.74) is 6.46. The van der Waals surface area contributed by atoms with E-state index < -0.39 is 0 Å². The van der Waals surface area contributed by atoms with Crippen molar-refractivity contribution >= 4 is 30.2 Å². The third kappa shape index (κ3) is 5.19. The van der Waals surface area contributed by atoms with Gasteiger partial charge < -0.3 is 15.5 Å². The van der Waals surface area contributed by atoms with E-state index in [1.165, 1.54) is 6.26 Å². The van der Waals surface area contributed by atoms with E-state index in [0.29, 0.717) is 11.8 Å².